The van der Waals surface area contributed by atoms with Crippen LogP contribution in [0.4, 0.5) is 0 Å². The number of halogens is 1. The Labute approximate surface area is 126 Å². The van der Waals surface area contributed by atoms with Crippen molar-refractivity contribution >= 4 is 23.6 Å². The van der Waals surface area contributed by atoms with E-state index in [0.29, 0.717) is 34.5 Å². The number of carboxylic acid groups (broad SMARTS) is 1. The highest BCUT2D eigenvalue weighted by Gasteiger charge is 2.09. The SMILES string of the molecule is CCc1nc(COc2cccc(Cl)c2/C=C/C(=O)O)no1. The smallest absolute Gasteiger partial charge is 0.328 e. The van der Waals surface area contributed by atoms with E-state index in [9.17, 15) is 4.79 Å². The fourth-order valence-corrected chi connectivity index (χ4v) is 1.82. The first-order valence-corrected chi connectivity index (χ1v) is 6.61. The average molecular weight is 309 g/mol. The molecule has 7 heteroatoms. The number of ether oxygens (including phenoxy) is 1. The van der Waals surface area contributed by atoms with Gasteiger partial charge in [0, 0.05) is 18.1 Å². The van der Waals surface area contributed by atoms with Crippen LogP contribution in [0.1, 0.15) is 24.2 Å². The number of carboxylic acids is 1. The second kappa shape index (κ2) is 6.90. The molecule has 0 aliphatic carbocycles. The summed E-state index contributed by atoms with van der Waals surface area (Å²) in [5.74, 6) is 0.333. The summed E-state index contributed by atoms with van der Waals surface area (Å²) >= 11 is 6.05. The van der Waals surface area contributed by atoms with Gasteiger partial charge in [0.15, 0.2) is 6.61 Å². The Bertz CT molecular complexity index is 667. The Morgan fingerprint density at radius 3 is 3.00 bits per heavy atom. The lowest BCUT2D eigenvalue weighted by Gasteiger charge is -2.08. The number of benzene rings is 1. The summed E-state index contributed by atoms with van der Waals surface area (Å²) < 4.78 is 10.6. The predicted molar refractivity (Wildman–Crippen MR) is 76.1 cm³/mol. The molecular formula is C14H13ClN2O4. The van der Waals surface area contributed by atoms with Crippen molar-refractivity contribution in [2.75, 3.05) is 0 Å². The summed E-state index contributed by atoms with van der Waals surface area (Å²) in [5.41, 5.74) is 0.487. The lowest BCUT2D eigenvalue weighted by atomic mass is 10.2. The average Bonchev–Trinajstić information content (AvgIpc) is 2.92. The number of carbonyl (C=O) groups is 1. The van der Waals surface area contributed by atoms with E-state index in [1.165, 1.54) is 6.08 Å². The summed E-state index contributed by atoms with van der Waals surface area (Å²) in [6.45, 7) is 2.02. The van der Waals surface area contributed by atoms with Crippen molar-refractivity contribution in [3.8, 4) is 5.75 Å². The molecule has 0 aliphatic heterocycles. The van der Waals surface area contributed by atoms with Gasteiger partial charge < -0.3 is 14.4 Å². The fraction of sp³-hybridized carbons (Fsp3) is 0.214. The second-order valence-corrected chi connectivity index (χ2v) is 4.48. The van der Waals surface area contributed by atoms with Crippen LogP contribution >= 0.6 is 11.6 Å². The monoisotopic (exact) mass is 308 g/mol. The quantitative estimate of drug-likeness (QED) is 0.826. The molecule has 0 aliphatic rings. The van der Waals surface area contributed by atoms with Crippen molar-refractivity contribution in [2.24, 2.45) is 0 Å². The Morgan fingerprint density at radius 1 is 1.52 bits per heavy atom. The maximum Gasteiger partial charge on any atom is 0.328 e. The van der Waals surface area contributed by atoms with Gasteiger partial charge in [0.05, 0.1) is 5.02 Å². The van der Waals surface area contributed by atoms with Crippen molar-refractivity contribution in [3.63, 3.8) is 0 Å². The van der Waals surface area contributed by atoms with Gasteiger partial charge >= 0.3 is 5.97 Å². The van der Waals surface area contributed by atoms with E-state index in [4.69, 9.17) is 26.0 Å². The molecule has 1 N–H and O–H groups in total. The minimum absolute atomic E-state index is 0.109. The first-order valence-electron chi connectivity index (χ1n) is 6.24. The molecule has 2 aromatic rings. The van der Waals surface area contributed by atoms with Gasteiger partial charge in [-0.1, -0.05) is 29.7 Å². The summed E-state index contributed by atoms with van der Waals surface area (Å²) in [7, 11) is 0. The number of aryl methyl sites for hydroxylation is 1. The lowest BCUT2D eigenvalue weighted by molar-refractivity contribution is -0.131. The summed E-state index contributed by atoms with van der Waals surface area (Å²) in [5, 5.41) is 12.9. The Balaban J connectivity index is 2.15. The normalized spacial score (nSPS) is 11.0. The molecule has 110 valence electrons. The van der Waals surface area contributed by atoms with Gasteiger partial charge in [-0.3, -0.25) is 0 Å². The van der Waals surface area contributed by atoms with E-state index < -0.39 is 5.97 Å². The molecule has 2 rings (SSSR count). The highest BCUT2D eigenvalue weighted by atomic mass is 35.5. The van der Waals surface area contributed by atoms with Crippen molar-refractivity contribution in [1.82, 2.24) is 10.1 Å². The van der Waals surface area contributed by atoms with Gasteiger partial charge in [-0.2, -0.15) is 4.98 Å². The first-order chi connectivity index (χ1) is 10.1. The van der Waals surface area contributed by atoms with Crippen LogP contribution in [-0.4, -0.2) is 21.2 Å². The third-order valence-corrected chi connectivity index (χ3v) is 2.90. The number of rotatable bonds is 6. The summed E-state index contributed by atoms with van der Waals surface area (Å²) in [6, 6.07) is 5.05. The third-order valence-electron chi connectivity index (χ3n) is 2.57. The zero-order valence-corrected chi connectivity index (χ0v) is 12.0. The molecule has 0 saturated carbocycles. The van der Waals surface area contributed by atoms with Gasteiger partial charge in [-0.05, 0) is 18.2 Å². The standard InChI is InChI=1S/C14H13ClN2O4/c1-2-13-16-12(17-21-13)8-20-11-5-3-4-10(15)9(11)6-7-14(18)19/h3-7H,2,8H2,1H3,(H,18,19)/b7-6+. The molecule has 21 heavy (non-hydrogen) atoms. The fourth-order valence-electron chi connectivity index (χ4n) is 1.59. The van der Waals surface area contributed by atoms with E-state index in [1.54, 1.807) is 18.2 Å². The number of hydrogen-bond donors (Lipinski definition) is 1. The van der Waals surface area contributed by atoms with E-state index in [2.05, 4.69) is 10.1 Å². The molecule has 1 aromatic carbocycles. The minimum Gasteiger partial charge on any atom is -0.485 e. The molecular weight excluding hydrogens is 296 g/mol. The molecule has 0 atom stereocenters. The van der Waals surface area contributed by atoms with Gasteiger partial charge in [0.2, 0.25) is 11.7 Å². The summed E-state index contributed by atoms with van der Waals surface area (Å²) in [6.07, 6.45) is 3.03. The lowest BCUT2D eigenvalue weighted by Crippen LogP contribution is -1.99. The maximum atomic E-state index is 10.6. The number of aromatic nitrogens is 2. The zero-order valence-electron chi connectivity index (χ0n) is 11.2. The molecule has 1 heterocycles. The van der Waals surface area contributed by atoms with Crippen LogP contribution < -0.4 is 4.74 Å². The van der Waals surface area contributed by atoms with Crippen LogP contribution in [0.5, 0.6) is 5.75 Å². The first kappa shape index (κ1) is 15.1. The van der Waals surface area contributed by atoms with E-state index >= 15 is 0 Å². The van der Waals surface area contributed by atoms with Crippen LogP contribution in [0.2, 0.25) is 5.02 Å². The molecule has 0 amide bonds. The predicted octanol–water partition coefficient (Wildman–Crippen LogP) is 2.96. The van der Waals surface area contributed by atoms with Crippen molar-refractivity contribution in [2.45, 2.75) is 20.0 Å². The van der Waals surface area contributed by atoms with Crippen LogP contribution in [0, 0.1) is 0 Å². The molecule has 6 nitrogen and oxygen atoms in total. The number of nitrogens with zero attached hydrogens (tertiary/aromatic N) is 2. The molecule has 0 spiro atoms. The van der Waals surface area contributed by atoms with Gasteiger partial charge in [0.25, 0.3) is 0 Å². The maximum absolute atomic E-state index is 10.6. The van der Waals surface area contributed by atoms with Crippen LogP contribution in [0.3, 0.4) is 0 Å². The highest BCUT2D eigenvalue weighted by Crippen LogP contribution is 2.28. The zero-order chi connectivity index (χ0) is 15.2. The molecule has 0 unspecified atom stereocenters. The molecule has 1 aromatic heterocycles. The third kappa shape index (κ3) is 4.06. The van der Waals surface area contributed by atoms with Gasteiger partial charge in [-0.25, -0.2) is 4.79 Å². The Kier molecular flexibility index (Phi) is 4.94. The molecule has 0 bridgehead atoms. The molecule has 0 saturated heterocycles. The second-order valence-electron chi connectivity index (χ2n) is 4.07. The van der Waals surface area contributed by atoms with Crippen LogP contribution in [0.25, 0.3) is 6.08 Å². The van der Waals surface area contributed by atoms with E-state index in [-0.39, 0.29) is 6.61 Å². The highest BCUT2D eigenvalue weighted by molar-refractivity contribution is 6.32. The Hall–Kier alpha value is -2.34. The van der Waals surface area contributed by atoms with Crippen molar-refractivity contribution in [3.05, 3.63) is 46.6 Å². The van der Waals surface area contributed by atoms with E-state index in [1.807, 2.05) is 6.92 Å². The van der Waals surface area contributed by atoms with Crippen LogP contribution in [0.15, 0.2) is 28.8 Å². The van der Waals surface area contributed by atoms with Gasteiger partial charge in [-0.15, -0.1) is 0 Å². The van der Waals surface area contributed by atoms with Gasteiger partial charge in [0.1, 0.15) is 5.75 Å². The topological polar surface area (TPSA) is 85.5 Å². The van der Waals surface area contributed by atoms with Crippen molar-refractivity contribution < 1.29 is 19.2 Å². The number of hydrogen-bond acceptors (Lipinski definition) is 5. The van der Waals surface area contributed by atoms with E-state index in [0.717, 1.165) is 6.08 Å². The largest absolute Gasteiger partial charge is 0.485 e. The summed E-state index contributed by atoms with van der Waals surface area (Å²) in [4.78, 5) is 14.7. The van der Waals surface area contributed by atoms with Crippen LogP contribution in [-0.2, 0) is 17.8 Å². The molecule has 0 radical (unpaired) electrons. The number of aliphatic carboxylic acids is 1. The Morgan fingerprint density at radius 2 is 2.33 bits per heavy atom. The van der Waals surface area contributed by atoms with Crippen molar-refractivity contribution in [1.29, 1.82) is 0 Å². The minimum atomic E-state index is -1.06. The molecule has 0 fully saturated rings.